The van der Waals surface area contributed by atoms with Crippen LogP contribution < -0.4 is 5.32 Å². The molecule has 1 heterocycles. The van der Waals surface area contributed by atoms with Crippen molar-refractivity contribution in [1.29, 1.82) is 0 Å². The lowest BCUT2D eigenvalue weighted by molar-refractivity contribution is -0.116. The molecule has 0 saturated heterocycles. The van der Waals surface area contributed by atoms with Crippen molar-refractivity contribution in [2.45, 2.75) is 58.3 Å². The van der Waals surface area contributed by atoms with Crippen LogP contribution >= 0.6 is 11.3 Å². The molecular formula is C16H23NO3S. The Hall–Kier alpha value is -1.36. The van der Waals surface area contributed by atoms with E-state index < -0.39 is 5.97 Å². The highest BCUT2D eigenvalue weighted by molar-refractivity contribution is 7.12. The van der Waals surface area contributed by atoms with Gasteiger partial charge in [-0.15, -0.1) is 11.3 Å². The molecule has 1 fully saturated rings. The van der Waals surface area contributed by atoms with Crippen LogP contribution in [0.15, 0.2) is 5.38 Å². The smallest absolute Gasteiger partial charge is 0.348 e. The molecular weight excluding hydrogens is 286 g/mol. The molecule has 5 heteroatoms. The molecule has 0 aromatic carbocycles. The van der Waals surface area contributed by atoms with E-state index in [1.54, 1.807) is 5.38 Å². The van der Waals surface area contributed by atoms with Crippen LogP contribution in [0.5, 0.6) is 0 Å². The first-order valence-corrected chi connectivity index (χ1v) is 8.57. The Morgan fingerprint density at radius 1 is 1.33 bits per heavy atom. The van der Waals surface area contributed by atoms with Crippen LogP contribution in [0.3, 0.4) is 0 Å². The number of hydrogen-bond acceptors (Lipinski definition) is 3. The van der Waals surface area contributed by atoms with Crippen LogP contribution in [0, 0.1) is 12.8 Å². The van der Waals surface area contributed by atoms with Gasteiger partial charge in [0, 0.05) is 6.42 Å². The number of aryl methyl sites for hydroxylation is 1. The summed E-state index contributed by atoms with van der Waals surface area (Å²) in [6.45, 7) is 1.82. The minimum absolute atomic E-state index is 0.0743. The lowest BCUT2D eigenvalue weighted by atomic mass is 9.86. The van der Waals surface area contributed by atoms with E-state index >= 15 is 0 Å². The van der Waals surface area contributed by atoms with E-state index in [0.717, 1.165) is 35.7 Å². The van der Waals surface area contributed by atoms with Gasteiger partial charge in [-0.2, -0.15) is 0 Å². The van der Waals surface area contributed by atoms with Crippen molar-refractivity contribution < 1.29 is 14.7 Å². The number of aromatic carboxylic acids is 1. The van der Waals surface area contributed by atoms with Crippen LogP contribution in [0.2, 0.25) is 0 Å². The normalized spacial score (nSPS) is 15.9. The largest absolute Gasteiger partial charge is 0.477 e. The van der Waals surface area contributed by atoms with Crippen LogP contribution in [0.25, 0.3) is 0 Å². The Labute approximate surface area is 129 Å². The van der Waals surface area contributed by atoms with Gasteiger partial charge in [0.05, 0.1) is 5.69 Å². The molecule has 0 atom stereocenters. The van der Waals surface area contributed by atoms with E-state index in [2.05, 4.69) is 5.32 Å². The third-order valence-electron chi connectivity index (χ3n) is 4.17. The summed E-state index contributed by atoms with van der Waals surface area (Å²) in [4.78, 5) is 23.3. The van der Waals surface area contributed by atoms with Crippen molar-refractivity contribution >= 4 is 28.9 Å². The molecule has 1 aromatic heterocycles. The summed E-state index contributed by atoms with van der Waals surface area (Å²) in [6, 6.07) is 0. The van der Waals surface area contributed by atoms with Gasteiger partial charge in [0.1, 0.15) is 4.88 Å². The topological polar surface area (TPSA) is 66.4 Å². The summed E-state index contributed by atoms with van der Waals surface area (Å²) in [5.41, 5.74) is 1.29. The zero-order chi connectivity index (χ0) is 15.2. The molecule has 1 aromatic rings. The maximum absolute atomic E-state index is 12.0. The van der Waals surface area contributed by atoms with E-state index in [1.165, 1.54) is 32.1 Å². The fraction of sp³-hybridized carbons (Fsp3) is 0.625. The third kappa shape index (κ3) is 4.56. The van der Waals surface area contributed by atoms with Gasteiger partial charge in [-0.25, -0.2) is 4.79 Å². The maximum Gasteiger partial charge on any atom is 0.348 e. The molecule has 21 heavy (non-hydrogen) atoms. The van der Waals surface area contributed by atoms with Crippen LogP contribution in [-0.2, 0) is 4.79 Å². The van der Waals surface area contributed by atoms with Crippen LogP contribution in [0.4, 0.5) is 5.69 Å². The molecule has 0 spiro atoms. The van der Waals surface area contributed by atoms with Crippen molar-refractivity contribution in [3.8, 4) is 0 Å². The Morgan fingerprint density at radius 3 is 2.71 bits per heavy atom. The second-order valence-electron chi connectivity index (χ2n) is 5.87. The van der Waals surface area contributed by atoms with Crippen molar-refractivity contribution in [3.05, 3.63) is 15.8 Å². The number of carbonyl (C=O) groups excluding carboxylic acids is 1. The first-order chi connectivity index (χ1) is 10.1. The number of rotatable bonds is 6. The van der Waals surface area contributed by atoms with Gasteiger partial charge < -0.3 is 10.4 Å². The van der Waals surface area contributed by atoms with Gasteiger partial charge >= 0.3 is 5.97 Å². The molecule has 116 valence electrons. The maximum atomic E-state index is 12.0. The number of carboxylic acids is 1. The van der Waals surface area contributed by atoms with Crippen molar-refractivity contribution in [3.63, 3.8) is 0 Å². The molecule has 0 radical (unpaired) electrons. The molecule has 1 saturated carbocycles. The Balaban J connectivity index is 1.79. The quantitative estimate of drug-likeness (QED) is 0.816. The molecule has 2 N–H and O–H groups in total. The van der Waals surface area contributed by atoms with E-state index in [1.807, 2.05) is 6.92 Å². The summed E-state index contributed by atoms with van der Waals surface area (Å²) in [7, 11) is 0. The Kier molecular flexibility index (Phi) is 5.79. The molecule has 0 aliphatic heterocycles. The third-order valence-corrected chi connectivity index (χ3v) is 5.26. The summed E-state index contributed by atoms with van der Waals surface area (Å²) >= 11 is 1.16. The molecule has 0 bridgehead atoms. The summed E-state index contributed by atoms with van der Waals surface area (Å²) in [5, 5.41) is 13.6. The van der Waals surface area contributed by atoms with Crippen LogP contribution in [-0.4, -0.2) is 17.0 Å². The van der Waals surface area contributed by atoms with E-state index in [-0.39, 0.29) is 10.8 Å². The second-order valence-corrected chi connectivity index (χ2v) is 6.75. The van der Waals surface area contributed by atoms with Crippen molar-refractivity contribution in [1.82, 2.24) is 0 Å². The first-order valence-electron chi connectivity index (χ1n) is 7.69. The van der Waals surface area contributed by atoms with Gasteiger partial charge in [0.2, 0.25) is 5.91 Å². The van der Waals surface area contributed by atoms with Gasteiger partial charge in [-0.3, -0.25) is 4.79 Å². The predicted octanol–water partition coefficient (Wildman–Crippen LogP) is 4.44. The summed E-state index contributed by atoms with van der Waals surface area (Å²) in [5.74, 6) is -0.274. The zero-order valence-electron chi connectivity index (χ0n) is 12.5. The number of carbonyl (C=O) groups is 2. The number of nitrogens with one attached hydrogen (secondary N) is 1. The Bertz CT molecular complexity index is 504. The Morgan fingerprint density at radius 2 is 2.05 bits per heavy atom. The SMILES string of the molecule is Cc1csc(C(=O)O)c1NC(=O)CCCC1CCCCC1. The number of hydrogen-bond donors (Lipinski definition) is 2. The summed E-state index contributed by atoms with van der Waals surface area (Å²) < 4.78 is 0. The fourth-order valence-electron chi connectivity index (χ4n) is 2.99. The highest BCUT2D eigenvalue weighted by atomic mass is 32.1. The van der Waals surface area contributed by atoms with Gasteiger partial charge in [-0.05, 0) is 36.6 Å². The number of carboxylic acid groups (broad SMARTS) is 1. The molecule has 0 unspecified atom stereocenters. The fourth-order valence-corrected chi connectivity index (χ4v) is 3.83. The molecule has 1 aliphatic carbocycles. The lowest BCUT2D eigenvalue weighted by Crippen LogP contribution is -2.14. The highest BCUT2D eigenvalue weighted by Gasteiger charge is 2.18. The number of anilines is 1. The lowest BCUT2D eigenvalue weighted by Gasteiger charge is -2.21. The number of thiophene rings is 1. The van der Waals surface area contributed by atoms with E-state index in [9.17, 15) is 9.59 Å². The molecule has 4 nitrogen and oxygen atoms in total. The molecule has 1 aliphatic rings. The average Bonchev–Trinajstić information content (AvgIpc) is 2.81. The standard InChI is InChI=1S/C16H23NO3S/c1-11-10-21-15(16(19)20)14(11)17-13(18)9-5-8-12-6-3-2-4-7-12/h10,12H,2-9H2,1H3,(H,17,18)(H,19,20). The zero-order valence-corrected chi connectivity index (χ0v) is 13.3. The predicted molar refractivity (Wildman–Crippen MR) is 85.1 cm³/mol. The van der Waals surface area contributed by atoms with E-state index in [0.29, 0.717) is 12.1 Å². The van der Waals surface area contributed by atoms with Gasteiger partial charge in [0.25, 0.3) is 0 Å². The number of amides is 1. The monoisotopic (exact) mass is 309 g/mol. The average molecular weight is 309 g/mol. The van der Waals surface area contributed by atoms with Crippen molar-refractivity contribution in [2.75, 3.05) is 5.32 Å². The minimum Gasteiger partial charge on any atom is -0.477 e. The first kappa shape index (κ1) is 16.0. The molecule has 2 rings (SSSR count). The molecule has 1 amide bonds. The highest BCUT2D eigenvalue weighted by Crippen LogP contribution is 2.29. The van der Waals surface area contributed by atoms with Crippen molar-refractivity contribution in [2.24, 2.45) is 5.92 Å². The second kappa shape index (κ2) is 7.59. The van der Waals surface area contributed by atoms with E-state index in [4.69, 9.17) is 5.11 Å². The minimum atomic E-state index is -0.981. The van der Waals surface area contributed by atoms with Gasteiger partial charge in [-0.1, -0.05) is 32.1 Å². The van der Waals surface area contributed by atoms with Crippen LogP contribution in [0.1, 0.15) is 66.6 Å². The van der Waals surface area contributed by atoms with Gasteiger partial charge in [0.15, 0.2) is 0 Å². The summed E-state index contributed by atoms with van der Waals surface area (Å²) in [6.07, 6.45) is 9.09.